The fourth-order valence-electron chi connectivity index (χ4n) is 3.56. The highest BCUT2D eigenvalue weighted by Crippen LogP contribution is 2.23. The van der Waals surface area contributed by atoms with Crippen LogP contribution in [0.4, 0.5) is 10.8 Å². The van der Waals surface area contributed by atoms with E-state index in [1.165, 1.54) is 0 Å². The molecule has 0 bridgehead atoms. The Bertz CT molecular complexity index is 891. The van der Waals surface area contributed by atoms with Gasteiger partial charge in [0, 0.05) is 55.3 Å². The third-order valence-electron chi connectivity index (χ3n) is 5.00. The maximum absolute atomic E-state index is 12.5. The molecule has 2 heterocycles. The molecule has 1 fully saturated rings. The molecule has 1 N–H and O–H groups in total. The van der Waals surface area contributed by atoms with E-state index < -0.39 is 0 Å². The second kappa shape index (κ2) is 8.50. The predicted octanol–water partition coefficient (Wildman–Crippen LogP) is 3.84. The molecule has 3 aromatic rings. The number of fused-ring (bicyclic) bond motifs is 1. The van der Waals surface area contributed by atoms with Crippen LogP contribution in [0.15, 0.2) is 54.0 Å². The van der Waals surface area contributed by atoms with Crippen molar-refractivity contribution in [3.05, 3.63) is 54.0 Å². The summed E-state index contributed by atoms with van der Waals surface area (Å²) in [5, 5.41) is 8.44. The molecule has 1 aromatic heterocycles. The molecule has 0 spiro atoms. The molecule has 2 aromatic carbocycles. The highest BCUT2D eigenvalue weighted by atomic mass is 32.1. The zero-order valence-electron chi connectivity index (χ0n) is 15.3. The SMILES string of the molecule is O=C(CCN1CCCN(c2nccs2)CC1)Nc1cccc2ccccc12. The first kappa shape index (κ1) is 17.9. The molecule has 4 rings (SSSR count). The number of rotatable bonds is 5. The minimum absolute atomic E-state index is 0.0763. The summed E-state index contributed by atoms with van der Waals surface area (Å²) in [4.78, 5) is 21.6. The summed E-state index contributed by atoms with van der Waals surface area (Å²) >= 11 is 1.69. The highest BCUT2D eigenvalue weighted by Gasteiger charge is 2.17. The number of aromatic nitrogens is 1. The quantitative estimate of drug-likeness (QED) is 0.731. The molecule has 0 saturated carbocycles. The van der Waals surface area contributed by atoms with E-state index in [1.807, 2.05) is 41.9 Å². The summed E-state index contributed by atoms with van der Waals surface area (Å²) in [5.41, 5.74) is 0.893. The number of anilines is 2. The van der Waals surface area contributed by atoms with Crippen LogP contribution in [0.1, 0.15) is 12.8 Å². The van der Waals surface area contributed by atoms with Crippen molar-refractivity contribution in [2.45, 2.75) is 12.8 Å². The Kier molecular flexibility index (Phi) is 5.65. The normalized spacial score (nSPS) is 15.6. The Hall–Kier alpha value is -2.44. The van der Waals surface area contributed by atoms with Gasteiger partial charge in [-0.3, -0.25) is 4.79 Å². The first-order chi connectivity index (χ1) is 13.3. The van der Waals surface area contributed by atoms with Gasteiger partial charge < -0.3 is 15.1 Å². The number of hydrogen-bond acceptors (Lipinski definition) is 5. The number of hydrogen-bond donors (Lipinski definition) is 1. The van der Waals surface area contributed by atoms with E-state index in [9.17, 15) is 4.79 Å². The van der Waals surface area contributed by atoms with Gasteiger partial charge in [-0.2, -0.15) is 0 Å². The molecule has 0 aliphatic carbocycles. The molecule has 6 heteroatoms. The smallest absolute Gasteiger partial charge is 0.225 e. The van der Waals surface area contributed by atoms with Gasteiger partial charge in [0.25, 0.3) is 0 Å². The number of nitrogens with zero attached hydrogens (tertiary/aromatic N) is 3. The van der Waals surface area contributed by atoms with Gasteiger partial charge in [0.05, 0.1) is 0 Å². The zero-order valence-corrected chi connectivity index (χ0v) is 16.1. The number of carbonyl (C=O) groups excluding carboxylic acids is 1. The number of carbonyl (C=O) groups is 1. The van der Waals surface area contributed by atoms with Crippen LogP contribution in [0.5, 0.6) is 0 Å². The van der Waals surface area contributed by atoms with E-state index >= 15 is 0 Å². The highest BCUT2D eigenvalue weighted by molar-refractivity contribution is 7.13. The third-order valence-corrected chi connectivity index (χ3v) is 5.83. The van der Waals surface area contributed by atoms with Crippen LogP contribution in [-0.2, 0) is 4.79 Å². The monoisotopic (exact) mass is 380 g/mol. The zero-order chi connectivity index (χ0) is 18.5. The molecule has 0 radical (unpaired) electrons. The van der Waals surface area contributed by atoms with Crippen LogP contribution in [0.2, 0.25) is 0 Å². The lowest BCUT2D eigenvalue weighted by Gasteiger charge is -2.21. The standard InChI is InChI=1S/C21H24N4OS/c26-20(23-19-8-3-6-17-5-1-2-7-18(17)19)9-13-24-11-4-12-25(15-14-24)21-22-10-16-27-21/h1-3,5-8,10,16H,4,9,11-15H2,(H,23,26). The molecule has 1 saturated heterocycles. The second-order valence-corrected chi connectivity index (χ2v) is 7.69. The average molecular weight is 381 g/mol. The number of thiazole rings is 1. The van der Waals surface area contributed by atoms with E-state index in [4.69, 9.17) is 0 Å². The summed E-state index contributed by atoms with van der Waals surface area (Å²) in [6.07, 6.45) is 3.48. The fraction of sp³-hybridized carbons (Fsp3) is 0.333. The van der Waals surface area contributed by atoms with Gasteiger partial charge in [0.15, 0.2) is 5.13 Å². The van der Waals surface area contributed by atoms with Crippen LogP contribution >= 0.6 is 11.3 Å². The number of benzene rings is 2. The Morgan fingerprint density at radius 3 is 2.85 bits per heavy atom. The van der Waals surface area contributed by atoms with Gasteiger partial charge in [0.1, 0.15) is 0 Å². The molecule has 1 aliphatic heterocycles. The van der Waals surface area contributed by atoms with Gasteiger partial charge in [0.2, 0.25) is 5.91 Å². The van der Waals surface area contributed by atoms with Crippen molar-refractivity contribution in [1.29, 1.82) is 0 Å². The largest absolute Gasteiger partial charge is 0.347 e. The first-order valence-electron chi connectivity index (χ1n) is 9.44. The van der Waals surface area contributed by atoms with Crippen molar-refractivity contribution in [2.24, 2.45) is 0 Å². The van der Waals surface area contributed by atoms with Crippen molar-refractivity contribution in [3.8, 4) is 0 Å². The maximum Gasteiger partial charge on any atom is 0.225 e. The van der Waals surface area contributed by atoms with Crippen LogP contribution < -0.4 is 10.2 Å². The lowest BCUT2D eigenvalue weighted by molar-refractivity contribution is -0.116. The van der Waals surface area contributed by atoms with Gasteiger partial charge >= 0.3 is 0 Å². The Balaban J connectivity index is 1.30. The van der Waals surface area contributed by atoms with E-state index in [-0.39, 0.29) is 5.91 Å². The van der Waals surface area contributed by atoms with E-state index in [0.29, 0.717) is 6.42 Å². The summed E-state index contributed by atoms with van der Waals surface area (Å²) in [6.45, 7) is 4.80. The van der Waals surface area contributed by atoms with Gasteiger partial charge in [-0.25, -0.2) is 4.98 Å². The Morgan fingerprint density at radius 2 is 1.96 bits per heavy atom. The molecular formula is C21H24N4OS. The molecule has 1 amide bonds. The minimum atomic E-state index is 0.0763. The third kappa shape index (κ3) is 4.46. The summed E-state index contributed by atoms with van der Waals surface area (Å²) < 4.78 is 0. The van der Waals surface area contributed by atoms with Gasteiger partial charge in [-0.15, -0.1) is 11.3 Å². The molecule has 0 unspecified atom stereocenters. The van der Waals surface area contributed by atoms with Crippen molar-refractivity contribution < 1.29 is 4.79 Å². The second-order valence-electron chi connectivity index (χ2n) is 6.82. The predicted molar refractivity (Wildman–Crippen MR) is 113 cm³/mol. The molecule has 140 valence electrons. The summed E-state index contributed by atoms with van der Waals surface area (Å²) in [5.74, 6) is 0.0763. The average Bonchev–Trinajstić information content (AvgIpc) is 3.13. The number of amides is 1. The van der Waals surface area contributed by atoms with Crippen molar-refractivity contribution in [1.82, 2.24) is 9.88 Å². The van der Waals surface area contributed by atoms with Gasteiger partial charge in [-0.1, -0.05) is 36.4 Å². The van der Waals surface area contributed by atoms with E-state index in [1.54, 1.807) is 11.3 Å². The van der Waals surface area contributed by atoms with Gasteiger partial charge in [-0.05, 0) is 24.4 Å². The molecular weight excluding hydrogens is 356 g/mol. The molecule has 1 aliphatic rings. The number of nitrogens with one attached hydrogen (secondary N) is 1. The molecule has 5 nitrogen and oxygen atoms in total. The van der Waals surface area contributed by atoms with Crippen molar-refractivity contribution in [2.75, 3.05) is 42.9 Å². The molecule has 0 atom stereocenters. The van der Waals surface area contributed by atoms with Crippen LogP contribution in [0, 0.1) is 0 Å². The van der Waals surface area contributed by atoms with Crippen LogP contribution in [0.3, 0.4) is 0 Å². The minimum Gasteiger partial charge on any atom is -0.347 e. The first-order valence-corrected chi connectivity index (χ1v) is 10.3. The fourth-order valence-corrected chi connectivity index (χ4v) is 4.26. The lowest BCUT2D eigenvalue weighted by Crippen LogP contribution is -2.32. The summed E-state index contributed by atoms with van der Waals surface area (Å²) in [7, 11) is 0. The van der Waals surface area contributed by atoms with E-state index in [0.717, 1.165) is 60.7 Å². The van der Waals surface area contributed by atoms with E-state index in [2.05, 4.69) is 32.2 Å². The topological polar surface area (TPSA) is 48.5 Å². The van der Waals surface area contributed by atoms with Crippen molar-refractivity contribution in [3.63, 3.8) is 0 Å². The van der Waals surface area contributed by atoms with Crippen molar-refractivity contribution >= 4 is 38.8 Å². The van der Waals surface area contributed by atoms with Crippen LogP contribution in [-0.4, -0.2) is 48.5 Å². The molecule has 27 heavy (non-hydrogen) atoms. The Labute approximate surface area is 163 Å². The Morgan fingerprint density at radius 1 is 1.07 bits per heavy atom. The lowest BCUT2D eigenvalue weighted by atomic mass is 10.1. The maximum atomic E-state index is 12.5. The van der Waals surface area contributed by atoms with Crippen LogP contribution in [0.25, 0.3) is 10.8 Å². The summed E-state index contributed by atoms with van der Waals surface area (Å²) in [6, 6.07) is 14.2.